The molecule has 0 spiro atoms. The minimum atomic E-state index is -0.103. The van der Waals surface area contributed by atoms with Crippen LogP contribution in [0.5, 0.6) is 0 Å². The monoisotopic (exact) mass is 236 g/mol. The standard InChI is InChI=1S/C14H13O.K/c15-11-14(12-7-3-1-4-8-12)13-9-5-2-6-10-13;/h1-10,14H,11H2;/q-1;+1. The molecular formula is C14H13KO. The second-order valence-corrected chi connectivity index (χ2v) is 3.54. The van der Waals surface area contributed by atoms with E-state index < -0.39 is 0 Å². The van der Waals surface area contributed by atoms with Crippen molar-refractivity contribution in [1.29, 1.82) is 0 Å². The van der Waals surface area contributed by atoms with E-state index in [1.165, 1.54) is 0 Å². The van der Waals surface area contributed by atoms with Gasteiger partial charge in [0.05, 0.1) is 0 Å². The quantitative estimate of drug-likeness (QED) is 0.639. The maximum Gasteiger partial charge on any atom is 1.00 e. The Bertz CT molecular complexity index is 360. The predicted octanol–water partition coefficient (Wildman–Crippen LogP) is -0.817. The van der Waals surface area contributed by atoms with Crippen molar-refractivity contribution in [3.05, 3.63) is 71.8 Å². The number of rotatable bonds is 3. The summed E-state index contributed by atoms with van der Waals surface area (Å²) in [6, 6.07) is 19.9. The first kappa shape index (κ1) is 14.1. The van der Waals surface area contributed by atoms with Crippen LogP contribution < -0.4 is 56.5 Å². The van der Waals surface area contributed by atoms with E-state index in [9.17, 15) is 5.11 Å². The molecule has 2 heteroatoms. The van der Waals surface area contributed by atoms with Gasteiger partial charge in [-0.15, -0.1) is 6.61 Å². The Kier molecular flexibility index (Phi) is 6.50. The van der Waals surface area contributed by atoms with Gasteiger partial charge in [0.1, 0.15) is 0 Å². The van der Waals surface area contributed by atoms with Crippen molar-refractivity contribution in [1.82, 2.24) is 0 Å². The van der Waals surface area contributed by atoms with Crippen LogP contribution in [0.2, 0.25) is 0 Å². The van der Waals surface area contributed by atoms with E-state index in [0.29, 0.717) is 0 Å². The van der Waals surface area contributed by atoms with Crippen molar-refractivity contribution in [2.24, 2.45) is 0 Å². The van der Waals surface area contributed by atoms with Crippen LogP contribution in [0.15, 0.2) is 60.7 Å². The number of hydrogen-bond acceptors (Lipinski definition) is 1. The number of hydrogen-bond donors (Lipinski definition) is 0. The summed E-state index contributed by atoms with van der Waals surface area (Å²) in [4.78, 5) is 0. The smallest absolute Gasteiger partial charge is 0.854 e. The molecule has 0 aliphatic carbocycles. The maximum absolute atomic E-state index is 11.2. The van der Waals surface area contributed by atoms with Crippen LogP contribution in [-0.2, 0) is 0 Å². The molecule has 0 fully saturated rings. The largest absolute Gasteiger partial charge is 1.00 e. The van der Waals surface area contributed by atoms with Gasteiger partial charge in [-0.3, -0.25) is 0 Å². The van der Waals surface area contributed by atoms with E-state index in [0.717, 1.165) is 11.1 Å². The summed E-state index contributed by atoms with van der Waals surface area (Å²) >= 11 is 0. The van der Waals surface area contributed by atoms with Crippen molar-refractivity contribution in [2.45, 2.75) is 5.92 Å². The third-order valence-electron chi connectivity index (χ3n) is 2.57. The van der Waals surface area contributed by atoms with Gasteiger partial charge in [-0.1, -0.05) is 60.7 Å². The molecule has 0 radical (unpaired) electrons. The molecular weight excluding hydrogens is 223 g/mol. The Morgan fingerprint density at radius 2 is 1.12 bits per heavy atom. The molecule has 0 amide bonds. The summed E-state index contributed by atoms with van der Waals surface area (Å²) in [6.07, 6.45) is 0. The molecule has 0 saturated carbocycles. The Balaban J connectivity index is 0.00000128. The molecule has 0 saturated heterocycles. The van der Waals surface area contributed by atoms with Gasteiger partial charge >= 0.3 is 51.4 Å². The molecule has 16 heavy (non-hydrogen) atoms. The first-order chi connectivity index (χ1) is 7.42. The molecule has 0 atom stereocenters. The normalized spacial score (nSPS) is 9.88. The molecule has 0 N–H and O–H groups in total. The van der Waals surface area contributed by atoms with Gasteiger partial charge in [-0.25, -0.2) is 0 Å². The second-order valence-electron chi connectivity index (χ2n) is 3.54. The molecule has 0 aliphatic rings. The van der Waals surface area contributed by atoms with Crippen LogP contribution >= 0.6 is 0 Å². The summed E-state index contributed by atoms with van der Waals surface area (Å²) in [5, 5.41) is 11.2. The van der Waals surface area contributed by atoms with Crippen LogP contribution in [0.1, 0.15) is 17.0 Å². The predicted molar refractivity (Wildman–Crippen MR) is 59.6 cm³/mol. The molecule has 76 valence electrons. The minimum absolute atomic E-state index is 0. The average Bonchev–Trinajstić information content (AvgIpc) is 2.33. The molecule has 0 aliphatic heterocycles. The molecule has 0 unspecified atom stereocenters. The zero-order valence-electron chi connectivity index (χ0n) is 9.47. The molecule has 1 nitrogen and oxygen atoms in total. The topological polar surface area (TPSA) is 23.1 Å². The summed E-state index contributed by atoms with van der Waals surface area (Å²) in [5.41, 5.74) is 2.19. The summed E-state index contributed by atoms with van der Waals surface area (Å²) in [7, 11) is 0. The minimum Gasteiger partial charge on any atom is -0.854 e. The van der Waals surface area contributed by atoms with E-state index in [4.69, 9.17) is 0 Å². The first-order valence-electron chi connectivity index (χ1n) is 5.10. The van der Waals surface area contributed by atoms with Crippen LogP contribution in [0.4, 0.5) is 0 Å². The third-order valence-corrected chi connectivity index (χ3v) is 2.57. The maximum atomic E-state index is 11.2. The molecule has 2 rings (SSSR count). The Labute approximate surface area is 139 Å². The van der Waals surface area contributed by atoms with Gasteiger partial charge < -0.3 is 5.11 Å². The summed E-state index contributed by atoms with van der Waals surface area (Å²) in [5.74, 6) is -0.0209. The van der Waals surface area contributed by atoms with E-state index in [1.54, 1.807) is 0 Å². The van der Waals surface area contributed by atoms with E-state index in [2.05, 4.69) is 0 Å². The average molecular weight is 236 g/mol. The fourth-order valence-electron chi connectivity index (χ4n) is 1.76. The SMILES string of the molecule is [K+].[O-]CC(c1ccccc1)c1ccccc1. The van der Waals surface area contributed by atoms with Crippen molar-refractivity contribution < 1.29 is 56.5 Å². The van der Waals surface area contributed by atoms with Crippen molar-refractivity contribution in [2.75, 3.05) is 6.61 Å². The number of benzene rings is 2. The van der Waals surface area contributed by atoms with Crippen LogP contribution in [0.25, 0.3) is 0 Å². The molecule has 0 heterocycles. The molecule has 0 bridgehead atoms. The van der Waals surface area contributed by atoms with E-state index in [1.807, 2.05) is 60.7 Å². The summed E-state index contributed by atoms with van der Waals surface area (Å²) in [6.45, 7) is -0.103. The van der Waals surface area contributed by atoms with Crippen molar-refractivity contribution in [3.63, 3.8) is 0 Å². The van der Waals surface area contributed by atoms with Crippen molar-refractivity contribution >= 4 is 0 Å². The van der Waals surface area contributed by atoms with Crippen LogP contribution in [0.3, 0.4) is 0 Å². The van der Waals surface area contributed by atoms with Gasteiger partial charge in [-0.2, -0.15) is 0 Å². The second kappa shape index (κ2) is 7.38. The van der Waals surface area contributed by atoms with Gasteiger partial charge in [0.25, 0.3) is 0 Å². The molecule has 0 aromatic heterocycles. The summed E-state index contributed by atoms with van der Waals surface area (Å²) < 4.78 is 0. The van der Waals surface area contributed by atoms with Gasteiger partial charge in [0.15, 0.2) is 0 Å². The van der Waals surface area contributed by atoms with Gasteiger partial charge in [0, 0.05) is 0 Å². The zero-order chi connectivity index (χ0) is 10.5. The molecule has 2 aromatic rings. The van der Waals surface area contributed by atoms with Crippen LogP contribution in [-0.4, -0.2) is 6.61 Å². The Hall–Kier alpha value is 0.0364. The van der Waals surface area contributed by atoms with E-state index in [-0.39, 0.29) is 63.9 Å². The van der Waals surface area contributed by atoms with Crippen LogP contribution in [0, 0.1) is 0 Å². The zero-order valence-corrected chi connectivity index (χ0v) is 12.6. The fraction of sp³-hybridized carbons (Fsp3) is 0.143. The van der Waals surface area contributed by atoms with Gasteiger partial charge in [-0.05, 0) is 17.0 Å². The first-order valence-corrected chi connectivity index (χ1v) is 5.10. The van der Waals surface area contributed by atoms with E-state index >= 15 is 0 Å². The Morgan fingerprint density at radius 1 is 0.750 bits per heavy atom. The fourth-order valence-corrected chi connectivity index (χ4v) is 1.76. The Morgan fingerprint density at radius 3 is 1.44 bits per heavy atom. The third kappa shape index (κ3) is 3.52. The van der Waals surface area contributed by atoms with Gasteiger partial charge in [0.2, 0.25) is 0 Å². The molecule has 2 aromatic carbocycles. The van der Waals surface area contributed by atoms with Crippen molar-refractivity contribution in [3.8, 4) is 0 Å².